The highest BCUT2D eigenvalue weighted by molar-refractivity contribution is 5.86. The summed E-state index contributed by atoms with van der Waals surface area (Å²) in [5.74, 6) is -1.69. The van der Waals surface area contributed by atoms with Crippen molar-refractivity contribution < 1.29 is 16.1 Å². The Morgan fingerprint density at radius 3 is 2.89 bits per heavy atom. The van der Waals surface area contributed by atoms with E-state index in [2.05, 4.69) is 10.3 Å². The summed E-state index contributed by atoms with van der Waals surface area (Å²) in [4.78, 5) is 25.2. The summed E-state index contributed by atoms with van der Waals surface area (Å²) in [5.41, 5.74) is 1.39. The third-order valence-corrected chi connectivity index (χ3v) is 2.59. The minimum atomic E-state index is -1.27. The van der Waals surface area contributed by atoms with Crippen LogP contribution in [0.15, 0.2) is 30.5 Å². The molecule has 1 aromatic heterocycles. The number of H-pyrrole nitrogens is 1. The van der Waals surface area contributed by atoms with Crippen LogP contribution >= 0.6 is 0 Å². The highest BCUT2D eigenvalue weighted by Crippen LogP contribution is 2.19. The van der Waals surface area contributed by atoms with Gasteiger partial charge in [0.25, 0.3) is 0 Å². The Hall–Kier alpha value is -2.30. The number of benzene rings is 1. The Bertz CT molecular complexity index is 623. The van der Waals surface area contributed by atoms with Crippen LogP contribution < -0.4 is 5.32 Å². The molecule has 1 heterocycles. The number of hydrogen-bond acceptors (Lipinski definition) is 2. The monoisotopic (exact) mass is 247 g/mol. The zero-order valence-corrected chi connectivity index (χ0v) is 9.81. The summed E-state index contributed by atoms with van der Waals surface area (Å²) in [7, 11) is 0. The van der Waals surface area contributed by atoms with Gasteiger partial charge in [-0.3, -0.25) is 4.79 Å². The summed E-state index contributed by atoms with van der Waals surface area (Å²) in [6.45, 7) is 1.23. The van der Waals surface area contributed by atoms with Crippen LogP contribution in [0.2, 0.25) is 0 Å². The second-order valence-corrected chi connectivity index (χ2v) is 3.97. The fourth-order valence-electron chi connectivity index (χ4n) is 1.81. The van der Waals surface area contributed by atoms with Gasteiger partial charge in [-0.1, -0.05) is 18.2 Å². The van der Waals surface area contributed by atoms with Crippen LogP contribution in [0.4, 0.5) is 0 Å². The molecule has 0 aliphatic carbocycles. The lowest BCUT2D eigenvalue weighted by molar-refractivity contribution is -0.141. The van der Waals surface area contributed by atoms with Gasteiger partial charge >= 0.3 is 5.97 Å². The molecule has 5 nitrogen and oxygen atoms in total. The van der Waals surface area contributed by atoms with Gasteiger partial charge in [-0.15, -0.1) is 0 Å². The predicted octanol–water partition coefficient (Wildman–Crippen LogP) is 1.30. The van der Waals surface area contributed by atoms with Gasteiger partial charge in [0.1, 0.15) is 6.04 Å². The lowest BCUT2D eigenvalue weighted by atomic mass is 10.1. The minimum Gasteiger partial charge on any atom is -0.480 e. The first-order chi connectivity index (χ1) is 9.00. The molecule has 0 fully saturated rings. The number of amides is 1. The maximum Gasteiger partial charge on any atom is 0.326 e. The summed E-state index contributed by atoms with van der Waals surface area (Å²) in [6, 6.07) is 6.07. The molecule has 5 heteroatoms. The zero-order valence-electron chi connectivity index (χ0n) is 10.8. The Balaban J connectivity index is 2.38. The van der Waals surface area contributed by atoms with E-state index in [1.54, 1.807) is 6.20 Å². The van der Waals surface area contributed by atoms with Gasteiger partial charge in [-0.25, -0.2) is 4.79 Å². The highest BCUT2D eigenvalue weighted by Gasteiger charge is 2.20. The number of carboxylic acids is 1. The van der Waals surface area contributed by atoms with Crippen molar-refractivity contribution in [3.63, 3.8) is 0 Å². The van der Waals surface area contributed by atoms with E-state index in [0.717, 1.165) is 10.9 Å². The van der Waals surface area contributed by atoms with Crippen molar-refractivity contribution in [1.82, 2.24) is 10.3 Å². The molecule has 0 aliphatic rings. The van der Waals surface area contributed by atoms with Gasteiger partial charge < -0.3 is 15.4 Å². The Morgan fingerprint density at radius 2 is 2.22 bits per heavy atom. The molecule has 1 aromatic carbocycles. The molecule has 0 bridgehead atoms. The average molecular weight is 247 g/mol. The summed E-state index contributed by atoms with van der Waals surface area (Å²) in [6.07, 6.45) is 0.539. The van der Waals surface area contributed by atoms with E-state index in [9.17, 15) is 9.59 Å². The molecular weight excluding hydrogens is 232 g/mol. The number of fused-ring (bicyclic) bond motifs is 1. The van der Waals surface area contributed by atoms with Gasteiger partial charge in [0.2, 0.25) is 5.91 Å². The van der Waals surface area contributed by atoms with E-state index >= 15 is 0 Å². The molecule has 0 saturated heterocycles. The van der Waals surface area contributed by atoms with Crippen LogP contribution in [-0.4, -0.2) is 28.0 Å². The van der Waals surface area contributed by atoms with E-state index in [4.69, 9.17) is 6.48 Å². The van der Waals surface area contributed by atoms with Crippen molar-refractivity contribution in [1.29, 1.82) is 0 Å². The molecule has 2 aromatic rings. The van der Waals surface area contributed by atoms with Crippen LogP contribution in [0.1, 0.15) is 13.9 Å². The molecule has 0 radical (unpaired) electrons. The highest BCUT2D eigenvalue weighted by atomic mass is 16.4. The lowest BCUT2D eigenvalue weighted by Crippen LogP contribution is -2.41. The molecule has 2 rings (SSSR count). The van der Waals surface area contributed by atoms with Crippen LogP contribution in [0.25, 0.3) is 10.9 Å². The number of para-hydroxylation sites is 1. The molecular formula is C13H14N2O3. The van der Waals surface area contributed by atoms with E-state index < -0.39 is 24.3 Å². The number of aliphatic carboxylic acids is 1. The number of nitrogens with one attached hydrogen (secondary N) is 2. The molecule has 3 N–H and O–H groups in total. The van der Waals surface area contributed by atoms with Crippen LogP contribution in [-0.2, 0) is 16.0 Å². The summed E-state index contributed by atoms with van der Waals surface area (Å²) >= 11 is 0. The first-order valence-corrected chi connectivity index (χ1v) is 5.49. The van der Waals surface area contributed by atoms with E-state index in [1.165, 1.54) is 6.92 Å². The maximum absolute atomic E-state index is 11.2. The Kier molecular flexibility index (Phi) is 2.96. The number of aromatic amines is 1. The minimum absolute atomic E-state index is 0.468. The first kappa shape index (κ1) is 10.8. The van der Waals surface area contributed by atoms with E-state index in [-0.39, 0.29) is 0 Å². The largest absolute Gasteiger partial charge is 0.480 e. The van der Waals surface area contributed by atoms with Gasteiger partial charge in [-0.05, 0) is 11.6 Å². The fraction of sp³-hybridized carbons (Fsp3) is 0.231. The lowest BCUT2D eigenvalue weighted by Gasteiger charge is -2.12. The number of hydrogen-bond donors (Lipinski definition) is 3. The quantitative estimate of drug-likeness (QED) is 0.761. The number of carboxylic acid groups (broad SMARTS) is 1. The fourth-order valence-corrected chi connectivity index (χ4v) is 1.81. The molecule has 0 spiro atoms. The summed E-state index contributed by atoms with van der Waals surface area (Å²) < 4.78 is 8.08. The average Bonchev–Trinajstić information content (AvgIpc) is 2.78. The molecule has 18 heavy (non-hydrogen) atoms. The standard InChI is InChI=1S/C13H14N2O3/c1-8(16)15-12(13(17)18)6-9-7-14-11-5-3-2-4-10(9)11/h2-5,7,12,14H,6H2,1H3,(H,15,16)(H,17,18)/t12-/m0/s1/i6D/t6-,12-. The van der Waals surface area contributed by atoms with Gasteiger partial charge in [-0.2, -0.15) is 0 Å². The second-order valence-electron chi connectivity index (χ2n) is 3.97. The van der Waals surface area contributed by atoms with E-state index in [0.29, 0.717) is 5.56 Å². The number of carbonyl (C=O) groups excluding carboxylic acids is 1. The van der Waals surface area contributed by atoms with Crippen molar-refractivity contribution in [2.75, 3.05) is 0 Å². The van der Waals surface area contributed by atoms with E-state index in [1.807, 2.05) is 24.3 Å². The normalized spacial score (nSPS) is 14.8. The Morgan fingerprint density at radius 1 is 1.50 bits per heavy atom. The molecule has 1 amide bonds. The van der Waals surface area contributed by atoms with Gasteiger partial charge in [0.15, 0.2) is 0 Å². The second kappa shape index (κ2) is 4.91. The summed E-state index contributed by atoms with van der Waals surface area (Å²) in [5, 5.41) is 12.2. The first-order valence-electron chi connectivity index (χ1n) is 6.06. The van der Waals surface area contributed by atoms with Gasteiger partial charge in [0, 0.05) is 31.8 Å². The number of rotatable bonds is 4. The van der Waals surface area contributed by atoms with Crippen molar-refractivity contribution in [2.24, 2.45) is 0 Å². The van der Waals surface area contributed by atoms with Gasteiger partial charge in [0.05, 0.1) is 0 Å². The van der Waals surface area contributed by atoms with Crippen molar-refractivity contribution >= 4 is 22.8 Å². The SMILES string of the molecule is [2H][C@@H](c1c[nH]c2ccccc12)[C@H](NC(C)=O)C(=O)O. The third-order valence-electron chi connectivity index (χ3n) is 2.59. The van der Waals surface area contributed by atoms with Crippen molar-refractivity contribution in [3.05, 3.63) is 36.0 Å². The van der Waals surface area contributed by atoms with Crippen LogP contribution in [0, 0.1) is 0 Å². The van der Waals surface area contributed by atoms with Crippen LogP contribution in [0.3, 0.4) is 0 Å². The molecule has 0 saturated carbocycles. The van der Waals surface area contributed by atoms with Crippen LogP contribution in [0.5, 0.6) is 0 Å². The Labute approximate surface area is 105 Å². The van der Waals surface area contributed by atoms with Crippen molar-refractivity contribution in [3.8, 4) is 0 Å². The number of aromatic nitrogens is 1. The molecule has 0 aliphatic heterocycles. The topological polar surface area (TPSA) is 82.2 Å². The molecule has 2 atom stereocenters. The molecule has 0 unspecified atom stereocenters. The predicted molar refractivity (Wildman–Crippen MR) is 67.2 cm³/mol. The molecule has 94 valence electrons. The third kappa shape index (κ3) is 2.51. The zero-order chi connectivity index (χ0) is 14.0. The smallest absolute Gasteiger partial charge is 0.326 e. The van der Waals surface area contributed by atoms with Crippen molar-refractivity contribution in [2.45, 2.75) is 19.4 Å². The number of carbonyl (C=O) groups is 2. The maximum atomic E-state index is 11.2.